The van der Waals surface area contributed by atoms with Gasteiger partial charge in [-0.2, -0.15) is 0 Å². The third kappa shape index (κ3) is 4.69. The Morgan fingerprint density at radius 2 is 1.52 bits per heavy atom. The third-order valence-electron chi connectivity index (χ3n) is 7.38. The van der Waals surface area contributed by atoms with Crippen LogP contribution in [0.3, 0.4) is 0 Å². The predicted octanol–water partition coefficient (Wildman–Crippen LogP) is 7.47. The van der Waals surface area contributed by atoms with Gasteiger partial charge in [-0.25, -0.2) is 0 Å². The molecular weight excluding hydrogens is 516 g/mol. The second-order valence-electron chi connectivity index (χ2n) is 10.1. The molecule has 0 aliphatic carbocycles. The van der Waals surface area contributed by atoms with Crippen LogP contribution in [0.25, 0.3) is 5.69 Å². The minimum Gasteiger partial charge on any atom is -0.506 e. The molecule has 0 bridgehead atoms. The average Bonchev–Trinajstić information content (AvgIpc) is 3.46. The molecule has 0 saturated carbocycles. The Hall–Kier alpha value is -4.62. The molecule has 1 fully saturated rings. The second-order valence-corrected chi connectivity index (χ2v) is 10.4. The highest BCUT2D eigenvalue weighted by atomic mass is 32.1. The number of nitrogens with zero attached hydrogens (tertiary/aromatic N) is 3. The molecule has 2 N–H and O–H groups in total. The summed E-state index contributed by atoms with van der Waals surface area (Å²) < 4.78 is 8.17. The Bertz CT molecular complexity index is 1660. The van der Waals surface area contributed by atoms with E-state index < -0.39 is 0 Å². The number of anilines is 1. The highest BCUT2D eigenvalue weighted by Gasteiger charge is 2.42. The maximum absolute atomic E-state index is 10.6. The molecule has 3 aromatic carbocycles. The number of hydrogen-bond acceptors (Lipinski definition) is 4. The van der Waals surface area contributed by atoms with Crippen LogP contribution in [-0.2, 0) is 0 Å². The lowest BCUT2D eigenvalue weighted by molar-refractivity contribution is 0.471. The number of nitrogens with one attached hydrogen (secondary N) is 1. The van der Waals surface area contributed by atoms with E-state index in [1.807, 2.05) is 91.1 Å². The van der Waals surface area contributed by atoms with Crippen LogP contribution in [-0.4, -0.2) is 19.8 Å². The topological polar surface area (TPSA) is 62.5 Å². The fraction of sp³-hybridized carbons (Fsp3) is 0.152. The summed E-state index contributed by atoms with van der Waals surface area (Å²) in [6.45, 7) is 6.20. The minimum absolute atomic E-state index is 0.169. The van der Waals surface area contributed by atoms with Crippen LogP contribution in [0.4, 0.5) is 5.69 Å². The molecule has 0 amide bonds. The molecule has 0 spiro atoms. The lowest BCUT2D eigenvalue weighted by Gasteiger charge is -2.28. The van der Waals surface area contributed by atoms with Crippen LogP contribution in [0.1, 0.15) is 40.3 Å². The molecule has 3 heterocycles. The number of thiocarbonyl (C=S) groups is 1. The van der Waals surface area contributed by atoms with Crippen molar-refractivity contribution in [1.29, 1.82) is 0 Å². The molecule has 1 saturated heterocycles. The van der Waals surface area contributed by atoms with E-state index in [0.29, 0.717) is 5.11 Å². The van der Waals surface area contributed by atoms with Crippen molar-refractivity contribution >= 4 is 23.0 Å². The Balaban J connectivity index is 1.41. The fourth-order valence-corrected chi connectivity index (χ4v) is 5.82. The van der Waals surface area contributed by atoms with E-state index in [1.54, 1.807) is 6.07 Å². The van der Waals surface area contributed by atoms with Crippen molar-refractivity contribution < 1.29 is 9.84 Å². The molecular formula is C33H30N4O2S. The van der Waals surface area contributed by atoms with Crippen molar-refractivity contribution in [3.05, 3.63) is 131 Å². The van der Waals surface area contributed by atoms with Gasteiger partial charge in [0.1, 0.15) is 17.2 Å². The van der Waals surface area contributed by atoms with E-state index in [1.165, 1.54) is 5.56 Å². The van der Waals surface area contributed by atoms with Crippen molar-refractivity contribution in [2.75, 3.05) is 4.90 Å². The highest BCUT2D eigenvalue weighted by Crippen LogP contribution is 2.44. The van der Waals surface area contributed by atoms with E-state index >= 15 is 0 Å². The standard InChI is InChI=1S/C33H30N4O2S/c1-21-11-15-25(16-12-21)39-26-17-13-24(14-18-26)37-32(31(35-33(37)40)28-8-6-7-19-34-28)27-20-22(2)36(23(27)3)29-9-4-5-10-30(29)38/h4-20,31-32,38H,1-3H3,(H,35,40)/t31-,32-/m0/s1. The number of ether oxygens (including phenoxy) is 1. The maximum atomic E-state index is 10.6. The normalized spacial score (nSPS) is 16.7. The van der Waals surface area contributed by atoms with Crippen molar-refractivity contribution in [1.82, 2.24) is 14.9 Å². The lowest BCUT2D eigenvalue weighted by Crippen LogP contribution is -2.29. The smallest absolute Gasteiger partial charge is 0.174 e. The molecule has 6 nitrogen and oxygen atoms in total. The average molecular weight is 547 g/mol. The zero-order valence-electron chi connectivity index (χ0n) is 22.6. The zero-order chi connectivity index (χ0) is 27.8. The number of aryl methyl sites for hydroxylation is 2. The molecule has 0 unspecified atom stereocenters. The summed E-state index contributed by atoms with van der Waals surface area (Å²) in [5, 5.41) is 14.8. The monoisotopic (exact) mass is 546 g/mol. The number of para-hydroxylation sites is 2. The number of pyridine rings is 1. The van der Waals surface area contributed by atoms with Gasteiger partial charge < -0.3 is 24.6 Å². The SMILES string of the molecule is Cc1ccc(Oc2ccc(N3C(=S)N[C@@H](c4ccccn4)[C@@H]3c3cc(C)n(-c4ccccc4O)c3C)cc2)cc1. The molecule has 5 aromatic rings. The number of phenolic OH excluding ortho intramolecular Hbond substituents is 1. The summed E-state index contributed by atoms with van der Waals surface area (Å²) in [7, 11) is 0. The van der Waals surface area contributed by atoms with Gasteiger partial charge >= 0.3 is 0 Å². The number of rotatable bonds is 6. The van der Waals surface area contributed by atoms with Crippen molar-refractivity contribution in [3.8, 4) is 22.9 Å². The molecule has 2 atom stereocenters. The van der Waals surface area contributed by atoms with Crippen LogP contribution in [0, 0.1) is 20.8 Å². The predicted molar refractivity (Wildman–Crippen MR) is 163 cm³/mol. The van der Waals surface area contributed by atoms with E-state index in [2.05, 4.69) is 46.6 Å². The van der Waals surface area contributed by atoms with Gasteiger partial charge in [-0.05, 0) is 105 Å². The number of hydrogen-bond donors (Lipinski definition) is 2. The molecule has 200 valence electrons. The second kappa shape index (κ2) is 10.5. The van der Waals surface area contributed by atoms with Crippen molar-refractivity contribution in [3.63, 3.8) is 0 Å². The largest absolute Gasteiger partial charge is 0.506 e. The van der Waals surface area contributed by atoms with Gasteiger partial charge in [0, 0.05) is 23.3 Å². The van der Waals surface area contributed by atoms with E-state index in [-0.39, 0.29) is 17.8 Å². The first-order valence-corrected chi connectivity index (χ1v) is 13.6. The van der Waals surface area contributed by atoms with Crippen LogP contribution < -0.4 is 15.0 Å². The first-order valence-electron chi connectivity index (χ1n) is 13.2. The Morgan fingerprint density at radius 1 is 0.850 bits per heavy atom. The molecule has 40 heavy (non-hydrogen) atoms. The van der Waals surface area contributed by atoms with E-state index in [9.17, 15) is 5.11 Å². The maximum Gasteiger partial charge on any atom is 0.174 e. The van der Waals surface area contributed by atoms with Crippen LogP contribution >= 0.6 is 12.2 Å². The number of benzene rings is 3. The summed E-state index contributed by atoms with van der Waals surface area (Å²) in [6, 6.07) is 31.2. The van der Waals surface area contributed by atoms with Crippen LogP contribution in [0.2, 0.25) is 0 Å². The zero-order valence-corrected chi connectivity index (χ0v) is 23.4. The van der Waals surface area contributed by atoms with Gasteiger partial charge in [-0.3, -0.25) is 4.98 Å². The van der Waals surface area contributed by atoms with Gasteiger partial charge in [0.25, 0.3) is 0 Å². The number of phenols is 1. The summed E-state index contributed by atoms with van der Waals surface area (Å²) >= 11 is 5.93. The van der Waals surface area contributed by atoms with E-state index in [4.69, 9.17) is 17.0 Å². The van der Waals surface area contributed by atoms with Gasteiger partial charge in [0.15, 0.2) is 5.11 Å². The van der Waals surface area contributed by atoms with Crippen molar-refractivity contribution in [2.45, 2.75) is 32.9 Å². The third-order valence-corrected chi connectivity index (χ3v) is 7.70. The van der Waals surface area contributed by atoms with Gasteiger partial charge in [0.2, 0.25) is 0 Å². The van der Waals surface area contributed by atoms with Crippen molar-refractivity contribution in [2.24, 2.45) is 0 Å². The number of aromatic hydroxyl groups is 1. The van der Waals surface area contributed by atoms with Crippen LogP contribution in [0.15, 0.2) is 103 Å². The molecule has 1 aliphatic heterocycles. The van der Waals surface area contributed by atoms with Gasteiger partial charge in [-0.15, -0.1) is 0 Å². The summed E-state index contributed by atoms with van der Waals surface area (Å²) in [6.07, 6.45) is 1.81. The molecule has 0 radical (unpaired) electrons. The Kier molecular flexibility index (Phi) is 6.74. The number of aromatic nitrogens is 2. The summed E-state index contributed by atoms with van der Waals surface area (Å²) in [5.41, 5.74) is 6.94. The van der Waals surface area contributed by atoms with Gasteiger partial charge in [-0.1, -0.05) is 35.9 Å². The summed E-state index contributed by atoms with van der Waals surface area (Å²) in [5.74, 6) is 1.78. The molecule has 1 aliphatic rings. The van der Waals surface area contributed by atoms with E-state index in [0.717, 1.165) is 45.5 Å². The lowest BCUT2D eigenvalue weighted by atomic mass is 9.96. The Labute approximate surface area is 239 Å². The minimum atomic E-state index is -0.171. The first kappa shape index (κ1) is 25.6. The quantitative estimate of drug-likeness (QED) is 0.215. The fourth-order valence-electron chi connectivity index (χ4n) is 5.48. The highest BCUT2D eigenvalue weighted by molar-refractivity contribution is 7.80. The first-order chi connectivity index (χ1) is 19.4. The molecule has 6 rings (SSSR count). The van der Waals surface area contributed by atoms with Gasteiger partial charge in [0.05, 0.1) is 23.5 Å². The van der Waals surface area contributed by atoms with Crippen LogP contribution in [0.5, 0.6) is 17.2 Å². The summed E-state index contributed by atoms with van der Waals surface area (Å²) in [4.78, 5) is 6.84. The Morgan fingerprint density at radius 3 is 2.20 bits per heavy atom. The molecule has 7 heteroatoms. The molecule has 2 aromatic heterocycles.